The van der Waals surface area contributed by atoms with Crippen LogP contribution in [0.3, 0.4) is 0 Å². The Hall–Kier alpha value is -1.92. The van der Waals surface area contributed by atoms with Crippen LogP contribution in [0.1, 0.15) is 20.3 Å². The first-order chi connectivity index (χ1) is 9.04. The summed E-state index contributed by atoms with van der Waals surface area (Å²) >= 11 is 0. The van der Waals surface area contributed by atoms with E-state index in [-0.39, 0.29) is 17.5 Å². The Kier molecular flexibility index (Phi) is 5.98. The van der Waals surface area contributed by atoms with Crippen LogP contribution >= 0.6 is 0 Å². The highest BCUT2D eigenvalue weighted by atomic mass is 19.1. The predicted octanol–water partition coefficient (Wildman–Crippen LogP) is 1.73. The summed E-state index contributed by atoms with van der Waals surface area (Å²) in [6, 6.07) is 0.783. The average molecular weight is 272 g/mol. The van der Waals surface area contributed by atoms with Gasteiger partial charge in [-0.05, 0) is 6.42 Å². The number of aromatic nitrogens is 1. The Morgan fingerprint density at radius 1 is 1.16 bits per heavy atom. The van der Waals surface area contributed by atoms with Gasteiger partial charge in [0.2, 0.25) is 5.91 Å². The number of nitrogens with zero attached hydrogens (tertiary/aromatic N) is 1. The number of carbonyl (C=O) groups is 1. The minimum absolute atomic E-state index is 0.0188. The number of hydrogen-bond donors (Lipinski definition) is 3. The summed E-state index contributed by atoms with van der Waals surface area (Å²) in [6.45, 7) is 4.53. The zero-order chi connectivity index (χ0) is 14.3. The van der Waals surface area contributed by atoms with Gasteiger partial charge in [-0.3, -0.25) is 4.79 Å². The van der Waals surface area contributed by atoms with E-state index in [1.54, 1.807) is 0 Å². The van der Waals surface area contributed by atoms with Crippen LogP contribution in [-0.4, -0.2) is 30.5 Å². The summed E-state index contributed by atoms with van der Waals surface area (Å²) < 4.78 is 26.9. The van der Waals surface area contributed by atoms with Gasteiger partial charge in [0.05, 0.1) is 0 Å². The van der Waals surface area contributed by atoms with Gasteiger partial charge in [0.1, 0.15) is 0 Å². The monoisotopic (exact) mass is 272 g/mol. The number of halogens is 2. The van der Waals surface area contributed by atoms with Crippen molar-refractivity contribution < 1.29 is 13.6 Å². The van der Waals surface area contributed by atoms with Crippen molar-refractivity contribution in [3.05, 3.63) is 17.7 Å². The quantitative estimate of drug-likeness (QED) is 0.661. The molecule has 1 rings (SSSR count). The first-order valence-corrected chi connectivity index (χ1v) is 6.12. The van der Waals surface area contributed by atoms with E-state index in [0.717, 1.165) is 12.5 Å². The molecular formula is C12H18F2N4O. The predicted molar refractivity (Wildman–Crippen MR) is 70.1 cm³/mol. The molecule has 0 spiro atoms. The van der Waals surface area contributed by atoms with Gasteiger partial charge in [0, 0.05) is 32.6 Å². The van der Waals surface area contributed by atoms with E-state index in [0.29, 0.717) is 19.6 Å². The molecule has 3 N–H and O–H groups in total. The van der Waals surface area contributed by atoms with E-state index in [1.165, 1.54) is 6.92 Å². The fourth-order valence-corrected chi connectivity index (χ4v) is 1.38. The van der Waals surface area contributed by atoms with Gasteiger partial charge in [-0.15, -0.1) is 0 Å². The normalized spacial score (nSPS) is 10.1. The van der Waals surface area contributed by atoms with Crippen LogP contribution in [0, 0.1) is 11.6 Å². The van der Waals surface area contributed by atoms with Crippen molar-refractivity contribution in [3.63, 3.8) is 0 Å². The highest BCUT2D eigenvalue weighted by Gasteiger charge is 2.11. The van der Waals surface area contributed by atoms with E-state index in [2.05, 4.69) is 20.9 Å². The lowest BCUT2D eigenvalue weighted by Gasteiger charge is -2.11. The molecule has 0 saturated heterocycles. The Balaban J connectivity index is 2.63. The third-order valence-corrected chi connectivity index (χ3v) is 2.26. The Labute approximate surface area is 110 Å². The van der Waals surface area contributed by atoms with Crippen LogP contribution in [0.25, 0.3) is 0 Å². The highest BCUT2D eigenvalue weighted by Crippen LogP contribution is 2.18. The zero-order valence-electron chi connectivity index (χ0n) is 11.0. The fraction of sp³-hybridized carbons (Fsp3) is 0.500. The van der Waals surface area contributed by atoms with E-state index in [4.69, 9.17) is 0 Å². The third-order valence-electron chi connectivity index (χ3n) is 2.26. The van der Waals surface area contributed by atoms with Crippen molar-refractivity contribution in [2.24, 2.45) is 0 Å². The molecule has 1 aromatic heterocycles. The van der Waals surface area contributed by atoms with Crippen LogP contribution in [0.2, 0.25) is 0 Å². The van der Waals surface area contributed by atoms with Crippen LogP contribution in [0.15, 0.2) is 6.07 Å². The average Bonchev–Trinajstić information content (AvgIpc) is 2.35. The van der Waals surface area contributed by atoms with Crippen molar-refractivity contribution in [1.82, 2.24) is 10.3 Å². The smallest absolute Gasteiger partial charge is 0.216 e. The number of nitrogens with one attached hydrogen (secondary N) is 3. The third kappa shape index (κ3) is 5.07. The molecule has 0 unspecified atom stereocenters. The van der Waals surface area contributed by atoms with Crippen molar-refractivity contribution in [2.45, 2.75) is 20.3 Å². The summed E-state index contributed by atoms with van der Waals surface area (Å²) in [5.41, 5.74) is 0. The van der Waals surface area contributed by atoms with Crippen molar-refractivity contribution in [3.8, 4) is 0 Å². The van der Waals surface area contributed by atoms with Gasteiger partial charge < -0.3 is 16.0 Å². The molecule has 0 saturated carbocycles. The minimum Gasteiger partial charge on any atom is -0.368 e. The number of rotatable bonds is 7. The summed E-state index contributed by atoms with van der Waals surface area (Å²) in [5, 5.41) is 8.04. The Bertz CT molecular complexity index is 440. The van der Waals surface area contributed by atoms with Gasteiger partial charge in [-0.1, -0.05) is 6.92 Å². The van der Waals surface area contributed by atoms with Crippen LogP contribution in [-0.2, 0) is 4.79 Å². The second-order valence-corrected chi connectivity index (χ2v) is 3.99. The summed E-state index contributed by atoms with van der Waals surface area (Å²) in [5.74, 6) is -1.67. The van der Waals surface area contributed by atoms with Gasteiger partial charge in [-0.2, -0.15) is 0 Å². The molecule has 0 radical (unpaired) electrons. The second-order valence-electron chi connectivity index (χ2n) is 3.99. The molecule has 0 aromatic carbocycles. The molecule has 7 heteroatoms. The number of hydrogen-bond acceptors (Lipinski definition) is 4. The van der Waals surface area contributed by atoms with E-state index in [9.17, 15) is 13.6 Å². The van der Waals surface area contributed by atoms with Gasteiger partial charge in [-0.25, -0.2) is 13.8 Å². The van der Waals surface area contributed by atoms with E-state index >= 15 is 0 Å². The maximum atomic E-state index is 13.5. The molecule has 1 amide bonds. The minimum atomic E-state index is -0.762. The molecule has 0 aliphatic carbocycles. The van der Waals surface area contributed by atoms with E-state index in [1.807, 2.05) is 6.92 Å². The number of anilines is 2. The topological polar surface area (TPSA) is 66.1 Å². The fourth-order valence-electron chi connectivity index (χ4n) is 1.38. The SMILES string of the molecule is CCCNc1nc(NCCNC(C)=O)c(F)cc1F. The number of pyridine rings is 1. The largest absolute Gasteiger partial charge is 0.368 e. The molecule has 106 valence electrons. The molecule has 1 heterocycles. The van der Waals surface area contributed by atoms with Crippen molar-refractivity contribution in [1.29, 1.82) is 0 Å². The number of amides is 1. The van der Waals surface area contributed by atoms with Crippen molar-refractivity contribution in [2.75, 3.05) is 30.3 Å². The molecular weight excluding hydrogens is 254 g/mol. The summed E-state index contributed by atoms with van der Waals surface area (Å²) in [6.07, 6.45) is 0.809. The molecule has 0 aliphatic heterocycles. The molecule has 5 nitrogen and oxygen atoms in total. The molecule has 0 atom stereocenters. The molecule has 0 aliphatic rings. The van der Waals surface area contributed by atoms with Gasteiger partial charge >= 0.3 is 0 Å². The lowest BCUT2D eigenvalue weighted by atomic mass is 10.3. The number of carbonyl (C=O) groups excluding carboxylic acids is 1. The lowest BCUT2D eigenvalue weighted by molar-refractivity contribution is -0.118. The highest BCUT2D eigenvalue weighted by molar-refractivity contribution is 5.72. The maximum Gasteiger partial charge on any atom is 0.216 e. The summed E-state index contributed by atoms with van der Waals surface area (Å²) in [7, 11) is 0. The lowest BCUT2D eigenvalue weighted by Crippen LogP contribution is -2.26. The summed E-state index contributed by atoms with van der Waals surface area (Å²) in [4.78, 5) is 14.5. The van der Waals surface area contributed by atoms with Gasteiger partial charge in [0.25, 0.3) is 0 Å². The Morgan fingerprint density at radius 3 is 2.26 bits per heavy atom. The molecule has 19 heavy (non-hydrogen) atoms. The standard InChI is InChI=1S/C12H18F2N4O/c1-3-4-16-11-9(13)7-10(14)12(18-11)17-6-5-15-8(2)19/h7H,3-6H2,1-2H3,(H,15,19)(H2,16,17,18). The molecule has 1 aromatic rings. The van der Waals surface area contributed by atoms with Crippen molar-refractivity contribution >= 4 is 17.5 Å². The van der Waals surface area contributed by atoms with Crippen LogP contribution in [0.4, 0.5) is 20.4 Å². The molecule has 0 bridgehead atoms. The van der Waals surface area contributed by atoms with Crippen LogP contribution < -0.4 is 16.0 Å². The molecule has 0 fully saturated rings. The first kappa shape index (κ1) is 15.1. The van der Waals surface area contributed by atoms with Gasteiger partial charge in [0.15, 0.2) is 23.3 Å². The first-order valence-electron chi connectivity index (χ1n) is 6.12. The second kappa shape index (κ2) is 7.50. The van der Waals surface area contributed by atoms with E-state index < -0.39 is 11.6 Å². The maximum absolute atomic E-state index is 13.5. The Morgan fingerprint density at radius 2 is 1.74 bits per heavy atom. The van der Waals surface area contributed by atoms with Crippen LogP contribution in [0.5, 0.6) is 0 Å². The zero-order valence-corrected chi connectivity index (χ0v) is 11.0.